The van der Waals surface area contributed by atoms with Crippen molar-refractivity contribution in [1.82, 2.24) is 0 Å². The Morgan fingerprint density at radius 3 is 2.31 bits per heavy atom. The van der Waals surface area contributed by atoms with Crippen LogP contribution in [0.2, 0.25) is 0 Å². The van der Waals surface area contributed by atoms with Gasteiger partial charge in [-0.15, -0.1) is 0 Å². The van der Waals surface area contributed by atoms with E-state index in [1.54, 1.807) is 0 Å². The summed E-state index contributed by atoms with van der Waals surface area (Å²) in [7, 11) is 0. The van der Waals surface area contributed by atoms with E-state index < -0.39 is 5.54 Å². The molecule has 0 aliphatic heterocycles. The van der Waals surface area contributed by atoms with Gasteiger partial charge in [0.2, 0.25) is 0 Å². The summed E-state index contributed by atoms with van der Waals surface area (Å²) in [5.41, 5.74) is 5.42. The first-order valence-corrected chi connectivity index (χ1v) is 5.95. The summed E-state index contributed by atoms with van der Waals surface area (Å²) in [5.74, 6) is 1.75. The molecule has 0 radical (unpaired) electrons. The maximum Gasteiger partial charge on any atom is 0.0608 e. The molecule has 13 heavy (non-hydrogen) atoms. The summed E-state index contributed by atoms with van der Waals surface area (Å²) in [4.78, 5) is 0. The average Bonchev–Trinajstić information content (AvgIpc) is 2.04. The fourth-order valence-corrected chi connectivity index (χ4v) is 2.09. The van der Waals surface area contributed by atoms with E-state index in [-0.39, 0.29) is 6.61 Å². The Kier molecular flexibility index (Phi) is 6.01. The Morgan fingerprint density at radius 2 is 1.92 bits per heavy atom. The highest BCUT2D eigenvalue weighted by atomic mass is 32.2. The van der Waals surface area contributed by atoms with Crippen molar-refractivity contribution in [3.63, 3.8) is 0 Å². The molecular formula is C10H23NOS. The van der Waals surface area contributed by atoms with Crippen LogP contribution in [0.3, 0.4) is 0 Å². The van der Waals surface area contributed by atoms with Crippen molar-refractivity contribution in [1.29, 1.82) is 0 Å². The molecule has 0 aromatic carbocycles. The van der Waals surface area contributed by atoms with Crippen LogP contribution >= 0.6 is 11.8 Å². The summed E-state index contributed by atoms with van der Waals surface area (Å²) in [6.45, 7) is 8.66. The molecule has 3 heteroatoms. The lowest BCUT2D eigenvalue weighted by Gasteiger charge is -2.23. The van der Waals surface area contributed by atoms with Gasteiger partial charge in [-0.25, -0.2) is 0 Å². The van der Waals surface area contributed by atoms with Crippen molar-refractivity contribution in [3.8, 4) is 0 Å². The zero-order valence-electron chi connectivity index (χ0n) is 9.21. The van der Waals surface area contributed by atoms with Gasteiger partial charge < -0.3 is 10.8 Å². The second-order valence-corrected chi connectivity index (χ2v) is 5.87. The first kappa shape index (κ1) is 13.3. The van der Waals surface area contributed by atoms with Crippen molar-refractivity contribution >= 4 is 11.8 Å². The number of thioether (sulfide) groups is 1. The molecule has 2 atom stereocenters. The van der Waals surface area contributed by atoms with Gasteiger partial charge in [0.05, 0.1) is 6.61 Å². The maximum absolute atomic E-state index is 8.93. The molecule has 0 saturated heterocycles. The minimum atomic E-state index is -0.399. The van der Waals surface area contributed by atoms with E-state index in [0.717, 1.165) is 12.2 Å². The quantitative estimate of drug-likeness (QED) is 0.696. The Labute approximate surface area is 86.3 Å². The topological polar surface area (TPSA) is 46.2 Å². The normalized spacial score (nSPS) is 18.7. The molecule has 0 fully saturated rings. The van der Waals surface area contributed by atoms with Gasteiger partial charge in [-0.3, -0.25) is 0 Å². The van der Waals surface area contributed by atoms with Gasteiger partial charge in [0, 0.05) is 10.8 Å². The fourth-order valence-electron chi connectivity index (χ4n) is 0.749. The molecule has 0 rings (SSSR count). The van der Waals surface area contributed by atoms with E-state index >= 15 is 0 Å². The van der Waals surface area contributed by atoms with E-state index in [1.807, 2.05) is 18.7 Å². The Balaban J connectivity index is 3.56. The van der Waals surface area contributed by atoms with E-state index in [0.29, 0.717) is 11.2 Å². The van der Waals surface area contributed by atoms with Crippen molar-refractivity contribution < 1.29 is 5.11 Å². The molecule has 0 aliphatic carbocycles. The van der Waals surface area contributed by atoms with Crippen molar-refractivity contribution in [2.45, 2.75) is 44.9 Å². The predicted octanol–water partition coefficient (Wildman–Crippen LogP) is 1.86. The van der Waals surface area contributed by atoms with E-state index in [2.05, 4.69) is 20.8 Å². The van der Waals surface area contributed by atoms with Crippen LogP contribution in [0.4, 0.5) is 0 Å². The smallest absolute Gasteiger partial charge is 0.0608 e. The molecule has 0 saturated carbocycles. The number of aliphatic hydroxyl groups is 1. The first-order valence-electron chi connectivity index (χ1n) is 4.90. The second kappa shape index (κ2) is 5.89. The summed E-state index contributed by atoms with van der Waals surface area (Å²) in [6.07, 6.45) is 0.880. The van der Waals surface area contributed by atoms with Crippen LogP contribution in [0.15, 0.2) is 0 Å². The Morgan fingerprint density at radius 1 is 1.38 bits per heavy atom. The number of hydrogen-bond donors (Lipinski definition) is 2. The highest BCUT2D eigenvalue weighted by Gasteiger charge is 2.17. The number of hydrogen-bond acceptors (Lipinski definition) is 3. The zero-order valence-corrected chi connectivity index (χ0v) is 10.0. The molecule has 0 aromatic heterocycles. The van der Waals surface area contributed by atoms with Gasteiger partial charge in [0.1, 0.15) is 0 Å². The fraction of sp³-hybridized carbons (Fsp3) is 1.00. The second-order valence-electron chi connectivity index (χ2n) is 4.38. The van der Waals surface area contributed by atoms with Crippen molar-refractivity contribution in [2.75, 3.05) is 12.4 Å². The summed E-state index contributed by atoms with van der Waals surface area (Å²) in [5, 5.41) is 9.61. The highest BCUT2D eigenvalue weighted by Crippen LogP contribution is 2.21. The van der Waals surface area contributed by atoms with Gasteiger partial charge in [0.15, 0.2) is 0 Å². The summed E-state index contributed by atoms with van der Waals surface area (Å²) in [6, 6.07) is 0. The van der Waals surface area contributed by atoms with Crippen LogP contribution in [-0.2, 0) is 0 Å². The van der Waals surface area contributed by atoms with Gasteiger partial charge in [-0.1, -0.05) is 20.8 Å². The van der Waals surface area contributed by atoms with Gasteiger partial charge >= 0.3 is 0 Å². The van der Waals surface area contributed by atoms with Crippen LogP contribution < -0.4 is 5.73 Å². The number of rotatable bonds is 6. The van der Waals surface area contributed by atoms with E-state index in [1.165, 1.54) is 0 Å². The third-order valence-corrected chi connectivity index (χ3v) is 3.86. The lowest BCUT2D eigenvalue weighted by atomic mass is 10.0. The third-order valence-electron chi connectivity index (χ3n) is 2.35. The minimum absolute atomic E-state index is 0.0730. The SMILES string of the molecule is CC(C)C(C)SCCC(C)(N)CO. The highest BCUT2D eigenvalue weighted by molar-refractivity contribution is 7.99. The van der Waals surface area contributed by atoms with Crippen LogP contribution in [-0.4, -0.2) is 28.3 Å². The predicted molar refractivity (Wildman–Crippen MR) is 61.1 cm³/mol. The molecule has 0 spiro atoms. The molecule has 3 N–H and O–H groups in total. The molecule has 2 unspecified atom stereocenters. The molecule has 0 heterocycles. The number of aliphatic hydroxyl groups excluding tert-OH is 1. The molecular weight excluding hydrogens is 182 g/mol. The minimum Gasteiger partial charge on any atom is -0.394 e. The first-order chi connectivity index (χ1) is 5.89. The van der Waals surface area contributed by atoms with Gasteiger partial charge in [0.25, 0.3) is 0 Å². The average molecular weight is 205 g/mol. The molecule has 0 aliphatic rings. The molecule has 2 nitrogen and oxygen atoms in total. The van der Waals surface area contributed by atoms with Crippen LogP contribution in [0.5, 0.6) is 0 Å². The van der Waals surface area contributed by atoms with Crippen LogP contribution in [0, 0.1) is 5.92 Å². The molecule has 80 valence electrons. The number of nitrogens with two attached hydrogens (primary N) is 1. The molecule has 0 amide bonds. The van der Waals surface area contributed by atoms with Gasteiger partial charge in [-0.05, 0) is 25.0 Å². The summed E-state index contributed by atoms with van der Waals surface area (Å²) >= 11 is 1.94. The van der Waals surface area contributed by atoms with Crippen molar-refractivity contribution in [3.05, 3.63) is 0 Å². The largest absolute Gasteiger partial charge is 0.394 e. The third kappa shape index (κ3) is 6.36. The standard InChI is InChI=1S/C10H23NOS/c1-8(2)9(3)13-6-5-10(4,11)7-12/h8-9,12H,5-7,11H2,1-4H3. The summed E-state index contributed by atoms with van der Waals surface area (Å²) < 4.78 is 0. The lowest BCUT2D eigenvalue weighted by molar-refractivity contribution is 0.206. The Bertz CT molecular complexity index is 137. The maximum atomic E-state index is 8.93. The van der Waals surface area contributed by atoms with Gasteiger partial charge in [-0.2, -0.15) is 11.8 Å². The zero-order chi connectivity index (χ0) is 10.5. The monoisotopic (exact) mass is 205 g/mol. The van der Waals surface area contributed by atoms with E-state index in [4.69, 9.17) is 10.8 Å². The van der Waals surface area contributed by atoms with E-state index in [9.17, 15) is 0 Å². The lowest BCUT2D eigenvalue weighted by Crippen LogP contribution is -2.40. The molecule has 0 bridgehead atoms. The van der Waals surface area contributed by atoms with Crippen LogP contribution in [0.25, 0.3) is 0 Å². The van der Waals surface area contributed by atoms with Crippen LogP contribution in [0.1, 0.15) is 34.1 Å². The Hall–Kier alpha value is 0.270. The van der Waals surface area contributed by atoms with Crippen molar-refractivity contribution in [2.24, 2.45) is 11.7 Å². The molecule has 0 aromatic rings.